The number of carbonyl (C=O) groups is 1. The second-order valence-electron chi connectivity index (χ2n) is 4.71. The Hall–Kier alpha value is -2.22. The molecule has 2 heterocycles. The molecule has 1 aromatic rings. The Bertz CT molecular complexity index is 534. The molecule has 1 saturated heterocycles. The van der Waals surface area contributed by atoms with Gasteiger partial charge in [-0.25, -0.2) is 9.78 Å². The fourth-order valence-corrected chi connectivity index (χ4v) is 2.17. The molecule has 1 unspecified atom stereocenters. The first-order valence-corrected chi connectivity index (χ1v) is 6.20. The Kier molecular flexibility index (Phi) is 4.14. The molecule has 1 atom stereocenters. The topological polar surface area (TPSA) is 97.6 Å². The zero-order valence-electron chi connectivity index (χ0n) is 11.3. The summed E-state index contributed by atoms with van der Waals surface area (Å²) in [5.41, 5.74) is -0.0980. The Balaban J connectivity index is 2.27. The first-order chi connectivity index (χ1) is 9.51. The molecule has 20 heavy (non-hydrogen) atoms. The van der Waals surface area contributed by atoms with Gasteiger partial charge in [0.25, 0.3) is 0 Å². The summed E-state index contributed by atoms with van der Waals surface area (Å²) in [7, 11) is 3.22. The monoisotopic (exact) mass is 280 g/mol. The summed E-state index contributed by atoms with van der Waals surface area (Å²) in [5, 5.41) is 14.0. The van der Waals surface area contributed by atoms with Gasteiger partial charge in [-0.2, -0.15) is 0 Å². The molecule has 0 radical (unpaired) electrons. The number of nitrogens with one attached hydrogen (secondary N) is 1. The third kappa shape index (κ3) is 3.02. The number of nitro groups is 1. The largest absolute Gasteiger partial charge is 0.464 e. The van der Waals surface area contributed by atoms with Crippen LogP contribution in [0.2, 0.25) is 0 Å². The van der Waals surface area contributed by atoms with Crippen LogP contribution in [0.4, 0.5) is 11.5 Å². The first-order valence-electron chi connectivity index (χ1n) is 6.20. The molecule has 1 aromatic heterocycles. The minimum Gasteiger partial charge on any atom is -0.464 e. The number of nitrogens with zero attached hydrogens (tertiary/aromatic N) is 3. The summed E-state index contributed by atoms with van der Waals surface area (Å²) >= 11 is 0. The van der Waals surface area contributed by atoms with E-state index in [4.69, 9.17) is 0 Å². The molecule has 8 nitrogen and oxygen atoms in total. The molecule has 0 amide bonds. The summed E-state index contributed by atoms with van der Waals surface area (Å²) < 4.78 is 4.57. The van der Waals surface area contributed by atoms with Crippen molar-refractivity contribution < 1.29 is 14.5 Å². The number of pyridine rings is 1. The van der Waals surface area contributed by atoms with Crippen molar-refractivity contribution in [2.45, 2.75) is 12.5 Å². The highest BCUT2D eigenvalue weighted by atomic mass is 16.6. The predicted octanol–water partition coefficient (Wildman–Crippen LogP) is 0.892. The summed E-state index contributed by atoms with van der Waals surface area (Å²) in [6.45, 7) is 1.70. The lowest BCUT2D eigenvalue weighted by molar-refractivity contribution is -0.384. The van der Waals surface area contributed by atoms with Crippen molar-refractivity contribution in [1.82, 2.24) is 9.88 Å². The van der Waals surface area contributed by atoms with Gasteiger partial charge in [0.05, 0.1) is 12.0 Å². The predicted molar refractivity (Wildman–Crippen MR) is 71.8 cm³/mol. The number of anilines is 1. The molecule has 0 saturated carbocycles. The molecule has 1 aliphatic heterocycles. The van der Waals surface area contributed by atoms with Crippen LogP contribution in [0.5, 0.6) is 0 Å². The second kappa shape index (κ2) is 5.83. The molecule has 0 spiro atoms. The minimum atomic E-state index is -0.619. The van der Waals surface area contributed by atoms with Crippen LogP contribution < -0.4 is 5.32 Å². The van der Waals surface area contributed by atoms with Crippen LogP contribution in [-0.2, 0) is 4.74 Å². The molecule has 0 aromatic carbocycles. The van der Waals surface area contributed by atoms with Crippen LogP contribution in [0, 0.1) is 10.1 Å². The van der Waals surface area contributed by atoms with E-state index in [0.29, 0.717) is 0 Å². The van der Waals surface area contributed by atoms with Crippen LogP contribution in [0.15, 0.2) is 12.1 Å². The number of aromatic nitrogens is 1. The molecule has 0 bridgehead atoms. The number of esters is 1. The Labute approximate surface area is 115 Å². The van der Waals surface area contributed by atoms with E-state index >= 15 is 0 Å². The number of hydrogen-bond acceptors (Lipinski definition) is 7. The lowest BCUT2D eigenvalue weighted by Crippen LogP contribution is -2.25. The fourth-order valence-electron chi connectivity index (χ4n) is 2.17. The van der Waals surface area contributed by atoms with Crippen LogP contribution in [0.25, 0.3) is 0 Å². The third-order valence-corrected chi connectivity index (χ3v) is 3.20. The van der Waals surface area contributed by atoms with E-state index in [0.717, 1.165) is 19.5 Å². The Morgan fingerprint density at radius 2 is 2.35 bits per heavy atom. The maximum absolute atomic E-state index is 11.4. The number of rotatable bonds is 4. The number of likely N-dealkylation sites (N-methyl/N-ethyl adjacent to an activating group) is 1. The smallest absolute Gasteiger partial charge is 0.356 e. The van der Waals surface area contributed by atoms with Gasteiger partial charge in [-0.1, -0.05) is 0 Å². The average molecular weight is 280 g/mol. The molecule has 1 N–H and O–H groups in total. The van der Waals surface area contributed by atoms with Crippen molar-refractivity contribution in [1.29, 1.82) is 0 Å². The minimum absolute atomic E-state index is 0.0481. The van der Waals surface area contributed by atoms with Gasteiger partial charge in [0.15, 0.2) is 5.69 Å². The molecule has 0 aliphatic carbocycles. The summed E-state index contributed by atoms with van der Waals surface area (Å²) in [5.74, 6) is -0.510. The van der Waals surface area contributed by atoms with Crippen molar-refractivity contribution in [3.63, 3.8) is 0 Å². The van der Waals surface area contributed by atoms with Gasteiger partial charge in [-0.3, -0.25) is 10.1 Å². The maximum Gasteiger partial charge on any atom is 0.356 e. The maximum atomic E-state index is 11.4. The van der Waals surface area contributed by atoms with Crippen molar-refractivity contribution >= 4 is 17.5 Å². The van der Waals surface area contributed by atoms with Crippen molar-refractivity contribution in [2.24, 2.45) is 0 Å². The van der Waals surface area contributed by atoms with Gasteiger partial charge in [0.2, 0.25) is 5.82 Å². The average Bonchev–Trinajstić information content (AvgIpc) is 2.82. The van der Waals surface area contributed by atoms with Gasteiger partial charge in [0, 0.05) is 18.7 Å². The van der Waals surface area contributed by atoms with Crippen LogP contribution >= 0.6 is 0 Å². The number of carbonyl (C=O) groups excluding carboxylic acids is 1. The molecule has 2 rings (SSSR count). The summed E-state index contributed by atoms with van der Waals surface area (Å²) in [6.07, 6.45) is 0.873. The molecule has 1 aliphatic rings. The van der Waals surface area contributed by atoms with Gasteiger partial charge in [-0.05, 0) is 26.1 Å². The van der Waals surface area contributed by atoms with Crippen LogP contribution in [0.1, 0.15) is 16.9 Å². The van der Waals surface area contributed by atoms with Crippen molar-refractivity contribution in [2.75, 3.05) is 32.6 Å². The molecule has 1 fully saturated rings. The van der Waals surface area contributed by atoms with E-state index in [2.05, 4.69) is 19.9 Å². The van der Waals surface area contributed by atoms with Gasteiger partial charge < -0.3 is 15.0 Å². The number of ether oxygens (including phenoxy) is 1. The van der Waals surface area contributed by atoms with Crippen LogP contribution in [0.3, 0.4) is 0 Å². The van der Waals surface area contributed by atoms with Crippen molar-refractivity contribution in [3.8, 4) is 0 Å². The Morgan fingerprint density at radius 1 is 1.60 bits per heavy atom. The zero-order chi connectivity index (χ0) is 14.7. The lowest BCUT2D eigenvalue weighted by Gasteiger charge is -2.14. The van der Waals surface area contributed by atoms with E-state index in [1.807, 2.05) is 7.05 Å². The molecular formula is C12H16N4O4. The normalized spacial score (nSPS) is 18.8. The van der Waals surface area contributed by atoms with Gasteiger partial charge in [0.1, 0.15) is 0 Å². The van der Waals surface area contributed by atoms with E-state index in [1.54, 1.807) is 0 Å². The Morgan fingerprint density at radius 3 is 2.90 bits per heavy atom. The van der Waals surface area contributed by atoms with Crippen LogP contribution in [-0.4, -0.2) is 54.1 Å². The lowest BCUT2D eigenvalue weighted by atomic mass is 10.2. The van der Waals surface area contributed by atoms with Crippen molar-refractivity contribution in [3.05, 3.63) is 27.9 Å². The van der Waals surface area contributed by atoms with E-state index in [-0.39, 0.29) is 23.2 Å². The van der Waals surface area contributed by atoms with Gasteiger partial charge >= 0.3 is 11.7 Å². The number of methoxy groups -OCH3 is 1. The molecule has 8 heteroatoms. The highest BCUT2D eigenvalue weighted by Gasteiger charge is 2.25. The highest BCUT2D eigenvalue weighted by Crippen LogP contribution is 2.24. The molecular weight excluding hydrogens is 264 g/mol. The van der Waals surface area contributed by atoms with Gasteiger partial charge in [-0.15, -0.1) is 0 Å². The summed E-state index contributed by atoms with van der Waals surface area (Å²) in [4.78, 5) is 28.1. The fraction of sp³-hybridized carbons (Fsp3) is 0.500. The number of likely N-dealkylation sites (tertiary alicyclic amines) is 1. The summed E-state index contributed by atoms with van der Waals surface area (Å²) in [6, 6.07) is 2.63. The van der Waals surface area contributed by atoms with E-state index < -0.39 is 10.9 Å². The quantitative estimate of drug-likeness (QED) is 0.497. The first kappa shape index (κ1) is 14.2. The zero-order valence-corrected chi connectivity index (χ0v) is 11.3. The molecule has 108 valence electrons. The highest BCUT2D eigenvalue weighted by molar-refractivity contribution is 5.88. The third-order valence-electron chi connectivity index (χ3n) is 3.20. The second-order valence-corrected chi connectivity index (χ2v) is 4.71. The standard InChI is InChI=1S/C12H16N4O4/c1-15-6-5-8(7-15)13-11-10(16(18)19)4-3-9(14-11)12(17)20-2/h3-4,8H,5-7H2,1-2H3,(H,13,14). The SMILES string of the molecule is COC(=O)c1ccc([N+](=O)[O-])c(NC2CCN(C)C2)n1. The van der Waals surface area contributed by atoms with E-state index in [1.165, 1.54) is 19.2 Å². The van der Waals surface area contributed by atoms with E-state index in [9.17, 15) is 14.9 Å². The number of hydrogen-bond donors (Lipinski definition) is 1.